The number of carbonyl (C=O) groups excluding carboxylic acids is 1. The number of primary amides is 1. The second-order valence-corrected chi connectivity index (χ2v) is 7.01. The lowest BCUT2D eigenvalue weighted by Gasteiger charge is -2.31. The molecule has 1 fully saturated rings. The van der Waals surface area contributed by atoms with Crippen molar-refractivity contribution in [1.82, 2.24) is 10.2 Å². The zero-order valence-electron chi connectivity index (χ0n) is 11.6. The Morgan fingerprint density at radius 3 is 2.43 bits per heavy atom. The molecule has 0 bridgehead atoms. The number of nitrogens with zero attached hydrogens (tertiary/aromatic N) is 1. The van der Waals surface area contributed by atoms with Crippen molar-refractivity contribution in [3.05, 3.63) is 26.6 Å². The van der Waals surface area contributed by atoms with Crippen LogP contribution in [0.4, 0.5) is 0 Å². The monoisotopic (exact) mass is 419 g/mol. The van der Waals surface area contributed by atoms with Crippen molar-refractivity contribution >= 4 is 37.8 Å². The van der Waals surface area contributed by atoms with E-state index in [2.05, 4.69) is 42.1 Å². The highest BCUT2D eigenvalue weighted by atomic mass is 79.9. The number of phenols is 1. The van der Waals surface area contributed by atoms with Gasteiger partial charge in [-0.2, -0.15) is 0 Å². The number of hydrogen-bond acceptors (Lipinski definition) is 4. The molecule has 1 aliphatic heterocycles. The molecule has 1 saturated heterocycles. The minimum Gasteiger partial charge on any atom is -0.506 e. The van der Waals surface area contributed by atoms with E-state index in [9.17, 15) is 9.90 Å². The summed E-state index contributed by atoms with van der Waals surface area (Å²) in [6.45, 7) is 2.88. The number of aromatic hydroxyl groups is 1. The molecule has 116 valence electrons. The third-order valence-electron chi connectivity index (χ3n) is 3.64. The van der Waals surface area contributed by atoms with Crippen LogP contribution < -0.4 is 11.1 Å². The van der Waals surface area contributed by atoms with Crippen molar-refractivity contribution in [1.29, 1.82) is 0 Å². The van der Waals surface area contributed by atoms with E-state index in [-0.39, 0.29) is 11.7 Å². The third-order valence-corrected chi connectivity index (χ3v) is 4.85. The Hall–Kier alpha value is -0.630. The summed E-state index contributed by atoms with van der Waals surface area (Å²) in [5.41, 5.74) is 6.31. The second kappa shape index (κ2) is 7.58. The van der Waals surface area contributed by atoms with Crippen LogP contribution in [0, 0.1) is 0 Å². The third kappa shape index (κ3) is 4.95. The molecule has 1 aromatic carbocycles. The summed E-state index contributed by atoms with van der Waals surface area (Å²) in [6.07, 6.45) is 2.02. The molecular formula is C14H19Br2N3O2. The van der Waals surface area contributed by atoms with Gasteiger partial charge in [0.25, 0.3) is 0 Å². The molecule has 0 atom stereocenters. The molecule has 0 spiro atoms. The van der Waals surface area contributed by atoms with Crippen LogP contribution in [-0.4, -0.2) is 41.6 Å². The van der Waals surface area contributed by atoms with Crippen LogP contribution in [0.3, 0.4) is 0 Å². The summed E-state index contributed by atoms with van der Waals surface area (Å²) >= 11 is 6.67. The van der Waals surface area contributed by atoms with Crippen molar-refractivity contribution in [2.24, 2.45) is 5.73 Å². The first kappa shape index (κ1) is 16.7. The van der Waals surface area contributed by atoms with E-state index in [4.69, 9.17) is 5.73 Å². The number of piperidine rings is 1. The van der Waals surface area contributed by atoms with Crippen molar-refractivity contribution in [3.63, 3.8) is 0 Å². The van der Waals surface area contributed by atoms with Crippen LogP contribution in [0.2, 0.25) is 0 Å². The number of likely N-dealkylation sites (tertiary alicyclic amines) is 1. The SMILES string of the molecule is NC(=O)CN1CCC(NCc2cc(Br)c(O)c(Br)c2)CC1. The second-order valence-electron chi connectivity index (χ2n) is 5.31. The van der Waals surface area contributed by atoms with Crippen molar-refractivity contribution in [2.75, 3.05) is 19.6 Å². The Bertz CT molecular complexity index is 494. The Morgan fingerprint density at radius 1 is 1.33 bits per heavy atom. The van der Waals surface area contributed by atoms with Crippen LogP contribution in [0.15, 0.2) is 21.1 Å². The molecule has 1 amide bonds. The fraction of sp³-hybridized carbons (Fsp3) is 0.500. The van der Waals surface area contributed by atoms with Crippen LogP contribution >= 0.6 is 31.9 Å². The van der Waals surface area contributed by atoms with Gasteiger partial charge in [0.1, 0.15) is 5.75 Å². The normalized spacial score (nSPS) is 17.0. The first-order chi connectivity index (χ1) is 9.95. The molecular weight excluding hydrogens is 402 g/mol. The number of benzene rings is 1. The number of nitrogens with two attached hydrogens (primary N) is 1. The number of rotatable bonds is 5. The predicted octanol–water partition coefficient (Wildman–Crippen LogP) is 1.96. The number of amides is 1. The summed E-state index contributed by atoms with van der Waals surface area (Å²) in [6, 6.07) is 4.27. The molecule has 2 rings (SSSR count). The lowest BCUT2D eigenvalue weighted by atomic mass is 10.0. The molecule has 0 unspecified atom stereocenters. The van der Waals surface area contributed by atoms with Crippen molar-refractivity contribution in [2.45, 2.75) is 25.4 Å². The topological polar surface area (TPSA) is 78.6 Å². The van der Waals surface area contributed by atoms with Crippen LogP contribution in [0.25, 0.3) is 0 Å². The van der Waals surface area contributed by atoms with Crippen LogP contribution in [0.5, 0.6) is 5.75 Å². The van der Waals surface area contributed by atoms with E-state index in [1.165, 1.54) is 0 Å². The number of phenolic OH excluding ortho intramolecular Hbond substituents is 1. The largest absolute Gasteiger partial charge is 0.506 e. The highest BCUT2D eigenvalue weighted by Crippen LogP contribution is 2.33. The van der Waals surface area contributed by atoms with Gasteiger partial charge in [-0.25, -0.2) is 0 Å². The first-order valence-electron chi connectivity index (χ1n) is 6.86. The molecule has 0 radical (unpaired) electrons. The average molecular weight is 421 g/mol. The minimum absolute atomic E-state index is 0.221. The smallest absolute Gasteiger partial charge is 0.231 e. The maximum atomic E-state index is 10.9. The van der Waals surface area contributed by atoms with E-state index in [0.29, 0.717) is 21.5 Å². The van der Waals surface area contributed by atoms with E-state index in [1.54, 1.807) is 0 Å². The van der Waals surface area contributed by atoms with E-state index >= 15 is 0 Å². The number of halogens is 2. The molecule has 21 heavy (non-hydrogen) atoms. The standard InChI is InChI=1S/C14H19Br2N3O2/c15-11-5-9(6-12(16)14(11)21)7-18-10-1-3-19(4-2-10)8-13(17)20/h5-6,10,18,21H,1-4,7-8H2,(H2,17,20). The summed E-state index contributed by atoms with van der Waals surface area (Å²) < 4.78 is 1.37. The Balaban J connectivity index is 1.81. The summed E-state index contributed by atoms with van der Waals surface area (Å²) in [4.78, 5) is 13.0. The maximum Gasteiger partial charge on any atom is 0.231 e. The van der Waals surface area contributed by atoms with Gasteiger partial charge < -0.3 is 16.2 Å². The number of nitrogens with one attached hydrogen (secondary N) is 1. The van der Waals surface area contributed by atoms with Crippen LogP contribution in [0.1, 0.15) is 18.4 Å². The van der Waals surface area contributed by atoms with E-state index in [0.717, 1.165) is 38.0 Å². The van der Waals surface area contributed by atoms with Gasteiger partial charge in [0.05, 0.1) is 15.5 Å². The van der Waals surface area contributed by atoms with Crippen molar-refractivity contribution < 1.29 is 9.90 Å². The molecule has 5 nitrogen and oxygen atoms in total. The average Bonchev–Trinajstić information content (AvgIpc) is 2.43. The van der Waals surface area contributed by atoms with E-state index < -0.39 is 0 Å². The fourth-order valence-corrected chi connectivity index (χ4v) is 3.78. The van der Waals surface area contributed by atoms with Crippen molar-refractivity contribution in [3.8, 4) is 5.75 Å². The predicted molar refractivity (Wildman–Crippen MR) is 89.0 cm³/mol. The van der Waals surface area contributed by atoms with Gasteiger partial charge in [-0.1, -0.05) is 0 Å². The summed E-state index contributed by atoms with van der Waals surface area (Å²) in [5.74, 6) is -0.0429. The quantitative estimate of drug-likeness (QED) is 0.680. The van der Waals surface area contributed by atoms with Gasteiger partial charge in [-0.3, -0.25) is 9.69 Å². The zero-order valence-corrected chi connectivity index (χ0v) is 14.8. The molecule has 1 aromatic rings. The molecule has 0 aromatic heterocycles. The fourth-order valence-electron chi connectivity index (χ4n) is 2.50. The van der Waals surface area contributed by atoms with Gasteiger partial charge in [0.15, 0.2) is 0 Å². The Morgan fingerprint density at radius 2 is 1.90 bits per heavy atom. The zero-order chi connectivity index (χ0) is 15.4. The molecule has 0 aliphatic carbocycles. The lowest BCUT2D eigenvalue weighted by Crippen LogP contribution is -2.45. The van der Waals surface area contributed by atoms with Gasteiger partial charge in [-0.15, -0.1) is 0 Å². The highest BCUT2D eigenvalue weighted by Gasteiger charge is 2.19. The number of carbonyl (C=O) groups is 1. The van der Waals surface area contributed by atoms with Gasteiger partial charge in [-0.05, 0) is 62.4 Å². The number of hydrogen-bond donors (Lipinski definition) is 3. The highest BCUT2D eigenvalue weighted by molar-refractivity contribution is 9.11. The Labute approximate surface area is 141 Å². The molecule has 7 heteroatoms. The molecule has 1 aliphatic rings. The summed E-state index contributed by atoms with van der Waals surface area (Å²) in [7, 11) is 0. The van der Waals surface area contributed by atoms with Gasteiger partial charge in [0, 0.05) is 25.7 Å². The van der Waals surface area contributed by atoms with Crippen LogP contribution in [-0.2, 0) is 11.3 Å². The lowest BCUT2D eigenvalue weighted by molar-refractivity contribution is -0.119. The maximum absolute atomic E-state index is 10.9. The van der Waals surface area contributed by atoms with E-state index in [1.807, 2.05) is 12.1 Å². The molecule has 4 N–H and O–H groups in total. The molecule has 1 heterocycles. The van der Waals surface area contributed by atoms with Gasteiger partial charge in [0.2, 0.25) is 5.91 Å². The Kier molecular flexibility index (Phi) is 6.04. The minimum atomic E-state index is -0.264. The summed E-state index contributed by atoms with van der Waals surface area (Å²) in [5, 5.41) is 13.2. The molecule has 0 saturated carbocycles. The first-order valence-corrected chi connectivity index (χ1v) is 8.45. The van der Waals surface area contributed by atoms with Gasteiger partial charge >= 0.3 is 0 Å².